The third kappa shape index (κ3) is 2.48. The molecule has 19 heavy (non-hydrogen) atoms. The summed E-state index contributed by atoms with van der Waals surface area (Å²) in [5.74, 6) is 0. The second kappa shape index (κ2) is 5.49. The SMILES string of the molecule is [B]c1cnc2c(c1)N1CCOCC1CC2OCCO. The predicted molar refractivity (Wildman–Crippen MR) is 72.0 cm³/mol. The van der Waals surface area contributed by atoms with Crippen molar-refractivity contribution in [2.24, 2.45) is 0 Å². The van der Waals surface area contributed by atoms with Gasteiger partial charge in [-0.25, -0.2) is 0 Å². The highest BCUT2D eigenvalue weighted by Gasteiger charge is 2.35. The van der Waals surface area contributed by atoms with E-state index in [4.69, 9.17) is 22.4 Å². The van der Waals surface area contributed by atoms with E-state index < -0.39 is 0 Å². The van der Waals surface area contributed by atoms with E-state index in [-0.39, 0.29) is 12.7 Å². The van der Waals surface area contributed by atoms with Crippen LogP contribution in [0.3, 0.4) is 0 Å². The predicted octanol–water partition coefficient (Wildman–Crippen LogP) is -0.466. The minimum atomic E-state index is -0.0919. The van der Waals surface area contributed by atoms with Crippen LogP contribution in [0.15, 0.2) is 12.3 Å². The largest absolute Gasteiger partial charge is 0.394 e. The Labute approximate surface area is 113 Å². The van der Waals surface area contributed by atoms with Crippen LogP contribution in [0, 0.1) is 0 Å². The first-order valence-electron chi connectivity index (χ1n) is 6.62. The average Bonchev–Trinajstić information content (AvgIpc) is 2.44. The fraction of sp³-hybridized carbons (Fsp3) is 0.615. The number of nitrogens with zero attached hydrogens (tertiary/aromatic N) is 2. The molecule has 5 nitrogen and oxygen atoms in total. The van der Waals surface area contributed by atoms with Gasteiger partial charge in [-0.2, -0.15) is 0 Å². The standard InChI is InChI=1S/C13H17BN2O3/c14-9-5-11-13(15-7-9)12(19-4-2-17)6-10-8-18-3-1-16(10)11/h5,7,10,12,17H,1-4,6,8H2. The maximum absolute atomic E-state index is 8.92. The quantitative estimate of drug-likeness (QED) is 0.745. The van der Waals surface area contributed by atoms with E-state index >= 15 is 0 Å². The number of ether oxygens (including phenoxy) is 2. The van der Waals surface area contributed by atoms with Gasteiger partial charge in [-0.15, -0.1) is 0 Å². The van der Waals surface area contributed by atoms with Gasteiger partial charge < -0.3 is 19.5 Å². The maximum Gasteiger partial charge on any atom is 0.116 e. The number of aromatic nitrogens is 1. The van der Waals surface area contributed by atoms with Gasteiger partial charge in [0.2, 0.25) is 0 Å². The summed E-state index contributed by atoms with van der Waals surface area (Å²) in [6.07, 6.45) is 2.41. The molecule has 0 bridgehead atoms. The van der Waals surface area contributed by atoms with Gasteiger partial charge in [0.25, 0.3) is 0 Å². The van der Waals surface area contributed by atoms with Crippen molar-refractivity contribution in [1.29, 1.82) is 0 Å². The molecule has 100 valence electrons. The van der Waals surface area contributed by atoms with Crippen molar-refractivity contribution in [1.82, 2.24) is 4.98 Å². The molecule has 1 fully saturated rings. The summed E-state index contributed by atoms with van der Waals surface area (Å²) >= 11 is 0. The van der Waals surface area contributed by atoms with Crippen LogP contribution < -0.4 is 10.4 Å². The number of hydrogen-bond donors (Lipinski definition) is 1. The Bertz CT molecular complexity index is 458. The highest BCUT2D eigenvalue weighted by molar-refractivity contribution is 6.32. The summed E-state index contributed by atoms with van der Waals surface area (Å²) in [4.78, 5) is 6.74. The first-order chi connectivity index (χ1) is 9.29. The molecule has 3 rings (SSSR count). The number of pyridine rings is 1. The molecule has 1 aromatic rings. The zero-order chi connectivity index (χ0) is 13.2. The van der Waals surface area contributed by atoms with Gasteiger partial charge in [-0.1, -0.05) is 5.46 Å². The van der Waals surface area contributed by atoms with E-state index in [9.17, 15) is 0 Å². The minimum absolute atomic E-state index is 0.0195. The fourth-order valence-electron chi connectivity index (χ4n) is 2.83. The highest BCUT2D eigenvalue weighted by Crippen LogP contribution is 2.38. The van der Waals surface area contributed by atoms with Gasteiger partial charge in [-0.05, 0) is 6.07 Å². The molecule has 2 radical (unpaired) electrons. The molecule has 2 aliphatic rings. The Kier molecular flexibility index (Phi) is 3.73. The molecular formula is C13H17BN2O3. The molecular weight excluding hydrogens is 243 g/mol. The Morgan fingerprint density at radius 3 is 3.32 bits per heavy atom. The summed E-state index contributed by atoms with van der Waals surface area (Å²) in [6, 6.07) is 2.25. The second-order valence-corrected chi connectivity index (χ2v) is 4.91. The number of rotatable bonds is 3. The molecule has 2 unspecified atom stereocenters. The van der Waals surface area contributed by atoms with Crippen LogP contribution in [0.2, 0.25) is 0 Å². The Balaban J connectivity index is 1.93. The summed E-state index contributed by atoms with van der Waals surface area (Å²) in [7, 11) is 5.85. The number of fused-ring (bicyclic) bond motifs is 3. The van der Waals surface area contributed by atoms with Crippen molar-refractivity contribution in [3.63, 3.8) is 0 Å². The number of hydrogen-bond acceptors (Lipinski definition) is 5. The van der Waals surface area contributed by atoms with Crippen LogP contribution in [0.4, 0.5) is 5.69 Å². The van der Waals surface area contributed by atoms with E-state index in [1.165, 1.54) is 0 Å². The van der Waals surface area contributed by atoms with Crippen LogP contribution in [0.5, 0.6) is 0 Å². The lowest BCUT2D eigenvalue weighted by molar-refractivity contribution is -0.00234. The van der Waals surface area contributed by atoms with Gasteiger partial charge in [0, 0.05) is 19.2 Å². The fourth-order valence-corrected chi connectivity index (χ4v) is 2.83. The van der Waals surface area contributed by atoms with Crippen LogP contribution in [0.25, 0.3) is 0 Å². The van der Waals surface area contributed by atoms with Crippen molar-refractivity contribution in [3.05, 3.63) is 18.0 Å². The zero-order valence-electron chi connectivity index (χ0n) is 10.8. The smallest absolute Gasteiger partial charge is 0.116 e. The molecule has 2 atom stereocenters. The molecule has 1 saturated heterocycles. The molecule has 0 aliphatic carbocycles. The monoisotopic (exact) mass is 260 g/mol. The molecule has 1 aromatic heterocycles. The lowest BCUT2D eigenvalue weighted by atomic mass is 9.91. The Morgan fingerprint density at radius 2 is 2.47 bits per heavy atom. The van der Waals surface area contributed by atoms with Gasteiger partial charge >= 0.3 is 0 Å². The van der Waals surface area contributed by atoms with E-state index in [1.807, 2.05) is 6.07 Å². The first-order valence-corrected chi connectivity index (χ1v) is 6.62. The average molecular weight is 260 g/mol. The van der Waals surface area contributed by atoms with Crippen LogP contribution in [0.1, 0.15) is 18.2 Å². The molecule has 0 amide bonds. The first kappa shape index (κ1) is 12.9. The third-order valence-corrected chi connectivity index (χ3v) is 3.66. The second-order valence-electron chi connectivity index (χ2n) is 4.91. The van der Waals surface area contributed by atoms with Crippen LogP contribution >= 0.6 is 0 Å². The summed E-state index contributed by atoms with van der Waals surface area (Å²) in [5.41, 5.74) is 2.62. The third-order valence-electron chi connectivity index (χ3n) is 3.66. The number of anilines is 1. The zero-order valence-corrected chi connectivity index (χ0v) is 10.8. The Morgan fingerprint density at radius 1 is 1.58 bits per heavy atom. The summed E-state index contributed by atoms with van der Waals surface area (Å²) < 4.78 is 11.3. The molecule has 2 aliphatic heterocycles. The maximum atomic E-state index is 8.92. The van der Waals surface area contributed by atoms with E-state index in [0.29, 0.717) is 24.7 Å². The van der Waals surface area contributed by atoms with Gasteiger partial charge in [-0.3, -0.25) is 4.98 Å². The van der Waals surface area contributed by atoms with Crippen LogP contribution in [-0.2, 0) is 9.47 Å². The van der Waals surface area contributed by atoms with Crippen molar-refractivity contribution >= 4 is 19.0 Å². The number of aliphatic hydroxyl groups excluding tert-OH is 1. The summed E-state index contributed by atoms with van der Waals surface area (Å²) in [6.45, 7) is 2.63. The van der Waals surface area contributed by atoms with Gasteiger partial charge in [0.1, 0.15) is 14.0 Å². The van der Waals surface area contributed by atoms with Crippen molar-refractivity contribution < 1.29 is 14.6 Å². The lowest BCUT2D eigenvalue weighted by Gasteiger charge is -2.44. The molecule has 0 spiro atoms. The molecule has 0 saturated carbocycles. The van der Waals surface area contributed by atoms with Crippen molar-refractivity contribution in [3.8, 4) is 0 Å². The van der Waals surface area contributed by atoms with E-state index in [0.717, 1.165) is 31.0 Å². The van der Waals surface area contributed by atoms with Crippen molar-refractivity contribution in [2.45, 2.75) is 18.6 Å². The van der Waals surface area contributed by atoms with Crippen molar-refractivity contribution in [2.75, 3.05) is 37.9 Å². The highest BCUT2D eigenvalue weighted by atomic mass is 16.5. The molecule has 1 N–H and O–H groups in total. The molecule has 0 aromatic carbocycles. The number of morpholine rings is 1. The summed E-state index contributed by atoms with van der Waals surface area (Å²) in [5, 5.41) is 8.92. The topological polar surface area (TPSA) is 54.8 Å². The van der Waals surface area contributed by atoms with Crippen LogP contribution in [-0.4, -0.2) is 57.0 Å². The normalized spacial score (nSPS) is 25.8. The van der Waals surface area contributed by atoms with Gasteiger partial charge in [0.15, 0.2) is 0 Å². The Hall–Kier alpha value is -1.11. The van der Waals surface area contributed by atoms with E-state index in [1.54, 1.807) is 6.20 Å². The van der Waals surface area contributed by atoms with E-state index in [2.05, 4.69) is 9.88 Å². The lowest BCUT2D eigenvalue weighted by Crippen LogP contribution is -2.50. The molecule has 6 heteroatoms. The minimum Gasteiger partial charge on any atom is -0.394 e. The molecule has 3 heterocycles. The van der Waals surface area contributed by atoms with Gasteiger partial charge in [0.05, 0.1) is 43.9 Å². The number of aliphatic hydroxyl groups is 1.